The fourth-order valence-corrected chi connectivity index (χ4v) is 2.34. The SMILES string of the molecule is OCc1ccc(CNc2ccc(OC3CCC3)c(F)c2)cc1. The first-order valence-corrected chi connectivity index (χ1v) is 7.63. The van der Waals surface area contributed by atoms with E-state index in [1.807, 2.05) is 30.3 Å². The van der Waals surface area contributed by atoms with Crippen LogP contribution in [0.15, 0.2) is 42.5 Å². The molecule has 3 nitrogen and oxygen atoms in total. The number of anilines is 1. The lowest BCUT2D eigenvalue weighted by molar-refractivity contribution is 0.115. The second-order valence-corrected chi connectivity index (χ2v) is 5.64. The summed E-state index contributed by atoms with van der Waals surface area (Å²) in [5, 5.41) is 12.2. The van der Waals surface area contributed by atoms with Gasteiger partial charge in [-0.3, -0.25) is 0 Å². The van der Waals surface area contributed by atoms with Crippen molar-refractivity contribution in [1.29, 1.82) is 0 Å². The van der Waals surface area contributed by atoms with Gasteiger partial charge in [0.25, 0.3) is 0 Å². The lowest BCUT2D eigenvalue weighted by Gasteiger charge is -2.26. The van der Waals surface area contributed by atoms with Crippen LogP contribution in [0, 0.1) is 5.82 Å². The molecular formula is C18H20FNO2. The predicted molar refractivity (Wildman–Crippen MR) is 84.4 cm³/mol. The molecular weight excluding hydrogens is 281 g/mol. The van der Waals surface area contributed by atoms with Crippen LogP contribution in [-0.2, 0) is 13.2 Å². The number of ether oxygens (including phenoxy) is 1. The molecule has 116 valence electrons. The summed E-state index contributed by atoms with van der Waals surface area (Å²) >= 11 is 0. The van der Waals surface area contributed by atoms with Crippen LogP contribution >= 0.6 is 0 Å². The van der Waals surface area contributed by atoms with Gasteiger partial charge in [0.2, 0.25) is 0 Å². The molecule has 1 fully saturated rings. The molecule has 0 aromatic heterocycles. The van der Waals surface area contributed by atoms with Crippen LogP contribution in [0.4, 0.5) is 10.1 Å². The molecule has 1 saturated carbocycles. The maximum atomic E-state index is 14.0. The lowest BCUT2D eigenvalue weighted by Crippen LogP contribution is -2.24. The number of hydrogen-bond acceptors (Lipinski definition) is 3. The van der Waals surface area contributed by atoms with E-state index >= 15 is 0 Å². The van der Waals surface area contributed by atoms with Crippen molar-refractivity contribution >= 4 is 5.69 Å². The van der Waals surface area contributed by atoms with E-state index in [-0.39, 0.29) is 18.5 Å². The van der Waals surface area contributed by atoms with Crippen molar-refractivity contribution in [1.82, 2.24) is 0 Å². The van der Waals surface area contributed by atoms with Crippen LogP contribution in [0.1, 0.15) is 30.4 Å². The Labute approximate surface area is 129 Å². The number of rotatable bonds is 6. The third kappa shape index (κ3) is 3.57. The van der Waals surface area contributed by atoms with E-state index in [0.29, 0.717) is 12.3 Å². The summed E-state index contributed by atoms with van der Waals surface area (Å²) in [5.41, 5.74) is 2.68. The monoisotopic (exact) mass is 301 g/mol. The molecule has 3 rings (SSSR count). The number of aliphatic hydroxyl groups is 1. The van der Waals surface area contributed by atoms with Crippen molar-refractivity contribution in [2.24, 2.45) is 0 Å². The molecule has 0 heterocycles. The zero-order valence-electron chi connectivity index (χ0n) is 12.4. The highest BCUT2D eigenvalue weighted by molar-refractivity contribution is 5.47. The number of halogens is 1. The Morgan fingerprint density at radius 2 is 1.82 bits per heavy atom. The minimum absolute atomic E-state index is 0.0430. The molecule has 4 heteroatoms. The molecule has 0 atom stereocenters. The molecule has 1 aliphatic rings. The Hall–Kier alpha value is -2.07. The third-order valence-corrected chi connectivity index (χ3v) is 3.98. The van der Waals surface area contributed by atoms with Crippen LogP contribution in [0.3, 0.4) is 0 Å². The zero-order chi connectivity index (χ0) is 15.4. The van der Waals surface area contributed by atoms with E-state index in [1.54, 1.807) is 6.07 Å². The topological polar surface area (TPSA) is 41.5 Å². The Balaban J connectivity index is 1.58. The average Bonchev–Trinajstić information content (AvgIpc) is 2.51. The second kappa shape index (κ2) is 6.79. The normalized spacial score (nSPS) is 14.5. The Morgan fingerprint density at radius 3 is 2.41 bits per heavy atom. The Morgan fingerprint density at radius 1 is 1.09 bits per heavy atom. The van der Waals surface area contributed by atoms with Gasteiger partial charge in [-0.25, -0.2) is 4.39 Å². The molecule has 0 spiro atoms. The van der Waals surface area contributed by atoms with E-state index in [1.165, 1.54) is 12.5 Å². The molecule has 2 N–H and O–H groups in total. The van der Waals surface area contributed by atoms with Gasteiger partial charge in [0, 0.05) is 18.3 Å². The minimum Gasteiger partial charge on any atom is -0.487 e. The van der Waals surface area contributed by atoms with Gasteiger partial charge in [0.15, 0.2) is 11.6 Å². The summed E-state index contributed by atoms with van der Waals surface area (Å²) < 4.78 is 19.6. The van der Waals surface area contributed by atoms with Gasteiger partial charge in [-0.2, -0.15) is 0 Å². The molecule has 1 aliphatic carbocycles. The Bertz CT molecular complexity index is 623. The van der Waals surface area contributed by atoms with E-state index in [0.717, 1.165) is 29.7 Å². The van der Waals surface area contributed by atoms with Crippen LogP contribution < -0.4 is 10.1 Å². The fourth-order valence-electron chi connectivity index (χ4n) is 2.34. The van der Waals surface area contributed by atoms with Crippen molar-refractivity contribution in [2.75, 3.05) is 5.32 Å². The largest absolute Gasteiger partial charge is 0.487 e. The highest BCUT2D eigenvalue weighted by atomic mass is 19.1. The van der Waals surface area contributed by atoms with Gasteiger partial charge in [0.1, 0.15) is 0 Å². The average molecular weight is 301 g/mol. The van der Waals surface area contributed by atoms with Crippen molar-refractivity contribution in [3.8, 4) is 5.75 Å². The molecule has 0 amide bonds. The molecule has 0 radical (unpaired) electrons. The van der Waals surface area contributed by atoms with Gasteiger partial charge in [-0.1, -0.05) is 24.3 Å². The molecule has 2 aromatic carbocycles. The zero-order valence-corrected chi connectivity index (χ0v) is 12.4. The van der Waals surface area contributed by atoms with Crippen LogP contribution in [0.2, 0.25) is 0 Å². The summed E-state index contributed by atoms with van der Waals surface area (Å²) in [6, 6.07) is 12.6. The van der Waals surface area contributed by atoms with E-state index in [2.05, 4.69) is 5.32 Å². The number of aliphatic hydroxyl groups excluding tert-OH is 1. The van der Waals surface area contributed by atoms with Crippen molar-refractivity contribution in [3.05, 3.63) is 59.4 Å². The van der Waals surface area contributed by atoms with Gasteiger partial charge in [-0.15, -0.1) is 0 Å². The van der Waals surface area contributed by atoms with E-state index < -0.39 is 0 Å². The molecule has 0 aliphatic heterocycles. The number of hydrogen-bond donors (Lipinski definition) is 2. The maximum absolute atomic E-state index is 14.0. The number of nitrogens with one attached hydrogen (secondary N) is 1. The van der Waals surface area contributed by atoms with E-state index in [9.17, 15) is 4.39 Å². The summed E-state index contributed by atoms with van der Waals surface area (Å²) in [6.07, 6.45) is 3.38. The van der Waals surface area contributed by atoms with Crippen molar-refractivity contribution < 1.29 is 14.2 Å². The van der Waals surface area contributed by atoms with Gasteiger partial charge in [-0.05, 0) is 42.5 Å². The number of benzene rings is 2. The van der Waals surface area contributed by atoms with Gasteiger partial charge >= 0.3 is 0 Å². The van der Waals surface area contributed by atoms with Crippen LogP contribution in [0.25, 0.3) is 0 Å². The Kier molecular flexibility index (Phi) is 4.59. The lowest BCUT2D eigenvalue weighted by atomic mass is 9.96. The first kappa shape index (κ1) is 14.9. The maximum Gasteiger partial charge on any atom is 0.167 e. The molecule has 0 unspecified atom stereocenters. The fraction of sp³-hybridized carbons (Fsp3) is 0.333. The highest BCUT2D eigenvalue weighted by Crippen LogP contribution is 2.28. The summed E-state index contributed by atoms with van der Waals surface area (Å²) in [6.45, 7) is 0.648. The standard InChI is InChI=1S/C18H20FNO2/c19-17-10-15(8-9-18(17)22-16-2-1-3-16)20-11-13-4-6-14(12-21)7-5-13/h4-10,16,20-21H,1-3,11-12H2. The van der Waals surface area contributed by atoms with Crippen LogP contribution in [-0.4, -0.2) is 11.2 Å². The van der Waals surface area contributed by atoms with E-state index in [4.69, 9.17) is 9.84 Å². The first-order chi connectivity index (χ1) is 10.7. The molecule has 2 aromatic rings. The first-order valence-electron chi connectivity index (χ1n) is 7.63. The summed E-state index contributed by atoms with van der Waals surface area (Å²) in [5.74, 6) is 0.00933. The second-order valence-electron chi connectivity index (χ2n) is 5.64. The summed E-state index contributed by atoms with van der Waals surface area (Å²) in [4.78, 5) is 0. The van der Waals surface area contributed by atoms with Crippen LogP contribution in [0.5, 0.6) is 5.75 Å². The minimum atomic E-state index is -0.326. The molecule has 0 saturated heterocycles. The third-order valence-electron chi connectivity index (χ3n) is 3.98. The highest BCUT2D eigenvalue weighted by Gasteiger charge is 2.20. The predicted octanol–water partition coefficient (Wildman–Crippen LogP) is 3.86. The van der Waals surface area contributed by atoms with Crippen molar-refractivity contribution in [2.45, 2.75) is 38.5 Å². The van der Waals surface area contributed by atoms with Gasteiger partial charge in [0.05, 0.1) is 12.7 Å². The van der Waals surface area contributed by atoms with Crippen molar-refractivity contribution in [3.63, 3.8) is 0 Å². The van der Waals surface area contributed by atoms with Gasteiger partial charge < -0.3 is 15.2 Å². The summed E-state index contributed by atoms with van der Waals surface area (Å²) in [7, 11) is 0. The molecule has 0 bridgehead atoms. The molecule has 22 heavy (non-hydrogen) atoms. The smallest absolute Gasteiger partial charge is 0.167 e. The quantitative estimate of drug-likeness (QED) is 0.851.